The highest BCUT2D eigenvalue weighted by Gasteiger charge is 2.33. The molecule has 0 aromatic heterocycles. The van der Waals surface area contributed by atoms with Crippen molar-refractivity contribution >= 4 is 23.8 Å². The molecule has 2 amide bonds. The zero-order valence-electron chi connectivity index (χ0n) is 25.0. The largest absolute Gasteiger partial charge is 0.507 e. The van der Waals surface area contributed by atoms with Crippen LogP contribution in [0, 0.1) is 29.1 Å². The fourth-order valence-corrected chi connectivity index (χ4v) is 5.36. The molecular formula is C33H35F5N2O5. The number of aromatic hydroxyl groups is 1. The Bertz CT molecular complexity index is 1480. The van der Waals surface area contributed by atoms with E-state index in [2.05, 4.69) is 0 Å². The van der Waals surface area contributed by atoms with Crippen LogP contribution in [0.15, 0.2) is 42.5 Å². The third-order valence-corrected chi connectivity index (χ3v) is 7.68. The number of hydrogen-bond acceptors (Lipinski definition) is 5. The Labute approximate surface area is 257 Å². The van der Waals surface area contributed by atoms with Gasteiger partial charge in [0.15, 0.2) is 29.6 Å². The predicted octanol–water partition coefficient (Wildman–Crippen LogP) is 6.64. The fourth-order valence-electron chi connectivity index (χ4n) is 5.36. The van der Waals surface area contributed by atoms with Crippen LogP contribution >= 0.6 is 0 Å². The van der Waals surface area contributed by atoms with Crippen molar-refractivity contribution in [2.75, 3.05) is 25.1 Å². The Balaban J connectivity index is 0.00000271. The Kier molecular flexibility index (Phi) is 12.6. The molecule has 1 aliphatic carbocycles. The van der Waals surface area contributed by atoms with Gasteiger partial charge in [0.05, 0.1) is 12.1 Å². The molecule has 0 heterocycles. The van der Waals surface area contributed by atoms with Crippen LogP contribution in [0.2, 0.25) is 0 Å². The number of rotatable bonds is 10. The number of nitrogens with zero attached hydrogens (tertiary/aromatic N) is 2. The molecule has 0 aliphatic heterocycles. The van der Waals surface area contributed by atoms with E-state index < -0.39 is 58.8 Å². The summed E-state index contributed by atoms with van der Waals surface area (Å²) >= 11 is 0. The van der Waals surface area contributed by atoms with Crippen molar-refractivity contribution in [2.24, 2.45) is 0 Å². The highest BCUT2D eigenvalue weighted by Crippen LogP contribution is 2.33. The Morgan fingerprint density at radius 3 is 1.98 bits per heavy atom. The van der Waals surface area contributed by atoms with Crippen LogP contribution in [0.3, 0.4) is 0 Å². The zero-order chi connectivity index (χ0) is 33.3. The van der Waals surface area contributed by atoms with Crippen LogP contribution in [0.4, 0.5) is 27.6 Å². The summed E-state index contributed by atoms with van der Waals surface area (Å²) in [5.74, 6) is -13.8. The van der Waals surface area contributed by atoms with Gasteiger partial charge in [-0.3, -0.25) is 14.4 Å². The molecule has 0 atom stereocenters. The lowest BCUT2D eigenvalue weighted by Gasteiger charge is -2.28. The maximum Gasteiger partial charge on any atom is 0.260 e. The van der Waals surface area contributed by atoms with Gasteiger partial charge in [0.2, 0.25) is 11.7 Å². The smallest absolute Gasteiger partial charge is 0.260 e. The number of amides is 2. The number of halogens is 5. The van der Waals surface area contributed by atoms with Gasteiger partial charge >= 0.3 is 0 Å². The van der Waals surface area contributed by atoms with Crippen molar-refractivity contribution in [3.63, 3.8) is 0 Å². The van der Waals surface area contributed by atoms with E-state index in [1.807, 2.05) is 24.3 Å². The summed E-state index contributed by atoms with van der Waals surface area (Å²) in [5.41, 5.74) is 0.346. The number of phenols is 1. The second-order valence-corrected chi connectivity index (χ2v) is 10.6. The SMILES string of the molecule is CCCN(CC(=O)N(Cc1ccc(C2CCCCC2)cc1)c1ccc(C=O)c(O)c1)C(=O)c1c(F)c(F)c(F)c(F)c1F.CO. The number of carbonyl (C=O) groups is 3. The Morgan fingerprint density at radius 1 is 0.867 bits per heavy atom. The minimum absolute atomic E-state index is 0.0258. The molecule has 4 rings (SSSR count). The van der Waals surface area contributed by atoms with Gasteiger partial charge in [0.25, 0.3) is 5.91 Å². The van der Waals surface area contributed by atoms with E-state index in [1.54, 1.807) is 6.92 Å². The molecule has 0 radical (unpaired) electrons. The van der Waals surface area contributed by atoms with Crippen molar-refractivity contribution in [1.82, 2.24) is 4.90 Å². The average molecular weight is 635 g/mol. The molecule has 3 aromatic carbocycles. The topological polar surface area (TPSA) is 98.2 Å². The van der Waals surface area contributed by atoms with Gasteiger partial charge in [-0.2, -0.15) is 0 Å². The van der Waals surface area contributed by atoms with E-state index in [4.69, 9.17) is 5.11 Å². The van der Waals surface area contributed by atoms with Crippen molar-refractivity contribution in [3.05, 3.63) is 93.8 Å². The maximum atomic E-state index is 14.5. The van der Waals surface area contributed by atoms with Crippen LogP contribution in [0.5, 0.6) is 5.75 Å². The molecule has 1 fully saturated rings. The first-order valence-corrected chi connectivity index (χ1v) is 14.5. The summed E-state index contributed by atoms with van der Waals surface area (Å²) in [6.07, 6.45) is 6.35. The molecule has 0 saturated heterocycles. The molecule has 1 aliphatic rings. The first-order chi connectivity index (χ1) is 21.6. The summed E-state index contributed by atoms with van der Waals surface area (Å²) < 4.78 is 70.2. The highest BCUT2D eigenvalue weighted by molar-refractivity contribution is 6.01. The first-order valence-electron chi connectivity index (χ1n) is 14.5. The standard InChI is InChI=1S/C32H31F5N2O4.CH4O/c1-2-14-38(32(43)26-27(33)29(35)31(37)30(36)28(26)34)17-25(42)39(23-13-12-22(18-40)24(41)15-23)16-19-8-10-21(11-9-19)20-6-4-3-5-7-20;1-2/h8-13,15,18,20,41H,2-7,14,16-17H2,1H3;2H,1H3. The van der Waals surface area contributed by atoms with Gasteiger partial charge in [0.1, 0.15) is 17.9 Å². The number of benzene rings is 3. The first kappa shape index (κ1) is 35.2. The number of hydrogen-bond donors (Lipinski definition) is 2. The number of aldehydes is 1. The summed E-state index contributed by atoms with van der Waals surface area (Å²) in [7, 11) is 1.00. The lowest BCUT2D eigenvalue weighted by molar-refractivity contribution is -0.119. The minimum Gasteiger partial charge on any atom is -0.507 e. The molecule has 12 heteroatoms. The molecule has 45 heavy (non-hydrogen) atoms. The van der Waals surface area contributed by atoms with E-state index in [9.17, 15) is 41.4 Å². The second-order valence-electron chi connectivity index (χ2n) is 10.6. The lowest BCUT2D eigenvalue weighted by atomic mass is 9.84. The maximum absolute atomic E-state index is 14.5. The monoisotopic (exact) mass is 634 g/mol. The molecule has 7 nitrogen and oxygen atoms in total. The second kappa shape index (κ2) is 16.1. The van der Waals surface area contributed by atoms with Crippen molar-refractivity contribution in [1.29, 1.82) is 0 Å². The molecule has 3 aromatic rings. The lowest BCUT2D eigenvalue weighted by Crippen LogP contribution is -2.44. The van der Waals surface area contributed by atoms with Crippen LogP contribution in [-0.2, 0) is 11.3 Å². The number of phenolic OH excluding ortho intramolecular Hbond substituents is 1. The Hall–Kier alpha value is -4.32. The van der Waals surface area contributed by atoms with E-state index >= 15 is 0 Å². The van der Waals surface area contributed by atoms with Crippen molar-refractivity contribution in [2.45, 2.75) is 57.9 Å². The van der Waals surface area contributed by atoms with Crippen molar-refractivity contribution < 1.29 is 46.5 Å². The summed E-state index contributed by atoms with van der Waals surface area (Å²) in [6.45, 7) is 0.553. The summed E-state index contributed by atoms with van der Waals surface area (Å²) in [4.78, 5) is 39.9. The number of anilines is 1. The van der Waals surface area contributed by atoms with Crippen LogP contribution in [-0.4, -0.2) is 53.4 Å². The fraction of sp³-hybridized carbons (Fsp3) is 0.364. The predicted molar refractivity (Wildman–Crippen MR) is 158 cm³/mol. The third-order valence-electron chi connectivity index (χ3n) is 7.68. The molecule has 0 unspecified atom stereocenters. The molecular weight excluding hydrogens is 599 g/mol. The zero-order valence-corrected chi connectivity index (χ0v) is 25.0. The summed E-state index contributed by atoms with van der Waals surface area (Å²) in [6, 6.07) is 11.6. The van der Waals surface area contributed by atoms with Gasteiger partial charge in [0, 0.05) is 25.4 Å². The normalized spacial score (nSPS) is 13.1. The third kappa shape index (κ3) is 8.05. The van der Waals surface area contributed by atoms with Crippen molar-refractivity contribution in [3.8, 4) is 5.75 Å². The van der Waals surface area contributed by atoms with Crippen LogP contribution < -0.4 is 4.90 Å². The van der Waals surface area contributed by atoms with E-state index in [1.165, 1.54) is 35.1 Å². The molecule has 0 spiro atoms. The molecule has 0 bridgehead atoms. The highest BCUT2D eigenvalue weighted by atomic mass is 19.2. The van der Waals surface area contributed by atoms with Gasteiger partial charge in [-0.1, -0.05) is 50.5 Å². The summed E-state index contributed by atoms with van der Waals surface area (Å²) in [5, 5.41) is 17.3. The number of aliphatic hydroxyl groups is 1. The quantitative estimate of drug-likeness (QED) is 0.113. The average Bonchev–Trinajstić information content (AvgIpc) is 3.06. The van der Waals surface area contributed by atoms with Crippen LogP contribution in [0.1, 0.15) is 83.2 Å². The van der Waals surface area contributed by atoms with Gasteiger partial charge in [-0.05, 0) is 48.4 Å². The molecule has 2 N–H and O–H groups in total. The molecule has 1 saturated carbocycles. The van der Waals surface area contributed by atoms with Gasteiger partial charge < -0.3 is 20.0 Å². The number of carbonyl (C=O) groups excluding carboxylic acids is 3. The van der Waals surface area contributed by atoms with Gasteiger partial charge in [-0.15, -0.1) is 0 Å². The molecule has 242 valence electrons. The van der Waals surface area contributed by atoms with E-state index in [0.29, 0.717) is 22.7 Å². The van der Waals surface area contributed by atoms with Crippen LogP contribution in [0.25, 0.3) is 0 Å². The number of aliphatic hydroxyl groups excluding tert-OH is 1. The Morgan fingerprint density at radius 2 is 1.44 bits per heavy atom. The van der Waals surface area contributed by atoms with Gasteiger partial charge in [-0.25, -0.2) is 22.0 Å². The van der Waals surface area contributed by atoms with E-state index in [-0.39, 0.29) is 30.8 Å². The minimum atomic E-state index is -2.40. The van der Waals surface area contributed by atoms with E-state index in [0.717, 1.165) is 32.8 Å².